The van der Waals surface area contributed by atoms with Crippen LogP contribution in [0, 0.1) is 6.92 Å². The fraction of sp³-hybridized carbons (Fsp3) is 0.0476. The second kappa shape index (κ2) is 5.19. The molecule has 0 atom stereocenters. The number of fused-ring (bicyclic) bond motifs is 2. The summed E-state index contributed by atoms with van der Waals surface area (Å²) >= 11 is 0. The van der Waals surface area contributed by atoms with Crippen LogP contribution in [0.4, 0.5) is 11.4 Å². The first-order valence-electron chi connectivity index (χ1n) is 7.57. The summed E-state index contributed by atoms with van der Waals surface area (Å²) in [6, 6.07) is 27.6. The fourth-order valence-corrected chi connectivity index (χ4v) is 3.15. The molecular formula is C21H17N. The number of hydrogen-bond acceptors (Lipinski definition) is 1. The Balaban J connectivity index is 2.07. The van der Waals surface area contributed by atoms with Gasteiger partial charge in [0.15, 0.2) is 0 Å². The zero-order valence-electron chi connectivity index (χ0n) is 12.5. The molecular weight excluding hydrogens is 266 g/mol. The van der Waals surface area contributed by atoms with E-state index < -0.39 is 0 Å². The van der Waals surface area contributed by atoms with Gasteiger partial charge in [0.2, 0.25) is 0 Å². The lowest BCUT2D eigenvalue weighted by molar-refractivity contribution is 1.55. The highest BCUT2D eigenvalue weighted by Crippen LogP contribution is 2.37. The molecule has 0 aliphatic carbocycles. The molecule has 0 spiro atoms. The molecule has 1 heteroatoms. The van der Waals surface area contributed by atoms with Crippen LogP contribution in [0.5, 0.6) is 0 Å². The largest absolute Gasteiger partial charge is 0.355 e. The van der Waals surface area contributed by atoms with E-state index >= 15 is 0 Å². The van der Waals surface area contributed by atoms with Crippen molar-refractivity contribution in [2.75, 3.05) is 5.32 Å². The normalized spacial score (nSPS) is 11.0. The molecule has 1 N–H and O–H groups in total. The van der Waals surface area contributed by atoms with Gasteiger partial charge >= 0.3 is 0 Å². The van der Waals surface area contributed by atoms with Crippen molar-refractivity contribution in [3.8, 4) is 0 Å². The van der Waals surface area contributed by atoms with Crippen molar-refractivity contribution in [1.82, 2.24) is 0 Å². The summed E-state index contributed by atoms with van der Waals surface area (Å²) in [6.07, 6.45) is 0. The molecule has 1 nitrogen and oxygen atoms in total. The van der Waals surface area contributed by atoms with Crippen LogP contribution in [-0.4, -0.2) is 0 Å². The van der Waals surface area contributed by atoms with Crippen LogP contribution < -0.4 is 5.32 Å². The minimum absolute atomic E-state index is 1.11. The highest BCUT2D eigenvalue weighted by atomic mass is 14.9. The average Bonchev–Trinajstić information content (AvgIpc) is 2.59. The van der Waals surface area contributed by atoms with Crippen molar-refractivity contribution in [2.24, 2.45) is 0 Å². The van der Waals surface area contributed by atoms with Gasteiger partial charge in [-0.05, 0) is 35.4 Å². The summed E-state index contributed by atoms with van der Waals surface area (Å²) in [6.45, 7) is 2.21. The Hall–Kier alpha value is -2.80. The molecule has 22 heavy (non-hydrogen) atoms. The molecule has 0 bridgehead atoms. The predicted octanol–water partition coefficient (Wildman–Crippen LogP) is 6.05. The molecule has 4 aromatic carbocycles. The summed E-state index contributed by atoms with van der Waals surface area (Å²) < 4.78 is 0. The number of aryl methyl sites for hydroxylation is 1. The van der Waals surface area contributed by atoms with Gasteiger partial charge in [0.1, 0.15) is 0 Å². The van der Waals surface area contributed by atoms with Crippen LogP contribution >= 0.6 is 0 Å². The summed E-state index contributed by atoms with van der Waals surface area (Å²) in [5, 5.41) is 8.76. The van der Waals surface area contributed by atoms with Crippen molar-refractivity contribution >= 4 is 32.9 Å². The van der Waals surface area contributed by atoms with E-state index in [0.717, 1.165) is 5.69 Å². The van der Waals surface area contributed by atoms with Gasteiger partial charge in [0.05, 0.1) is 5.69 Å². The molecule has 0 aliphatic rings. The minimum atomic E-state index is 1.11. The zero-order chi connectivity index (χ0) is 14.9. The highest BCUT2D eigenvalue weighted by molar-refractivity contribution is 6.14. The Morgan fingerprint density at radius 3 is 1.55 bits per heavy atom. The van der Waals surface area contributed by atoms with E-state index in [-0.39, 0.29) is 0 Å². The number of hydrogen-bond donors (Lipinski definition) is 1. The molecule has 0 fully saturated rings. The molecule has 0 unspecified atom stereocenters. The molecule has 0 aliphatic heterocycles. The van der Waals surface area contributed by atoms with E-state index in [1.807, 2.05) is 6.07 Å². The Morgan fingerprint density at radius 1 is 0.545 bits per heavy atom. The summed E-state index contributed by atoms with van der Waals surface area (Å²) in [4.78, 5) is 0. The Bertz CT molecular complexity index is 898. The number of para-hydroxylation sites is 1. The smallest absolute Gasteiger partial charge is 0.0543 e. The minimum Gasteiger partial charge on any atom is -0.355 e. The quantitative estimate of drug-likeness (QED) is 0.442. The van der Waals surface area contributed by atoms with E-state index in [0.29, 0.717) is 0 Å². The van der Waals surface area contributed by atoms with Crippen molar-refractivity contribution in [3.63, 3.8) is 0 Å². The predicted molar refractivity (Wildman–Crippen MR) is 95.9 cm³/mol. The Morgan fingerprint density at radius 2 is 1.00 bits per heavy atom. The SMILES string of the molecule is Cc1c2ccccc2c(Nc2ccccc2)c2ccccc12. The van der Waals surface area contributed by atoms with Gasteiger partial charge in [-0.2, -0.15) is 0 Å². The molecule has 4 rings (SSSR count). The molecule has 0 amide bonds. The summed E-state index contributed by atoms with van der Waals surface area (Å²) in [7, 11) is 0. The molecule has 0 aromatic heterocycles. The first-order chi connectivity index (χ1) is 10.8. The maximum Gasteiger partial charge on any atom is 0.0543 e. The monoisotopic (exact) mass is 283 g/mol. The number of anilines is 2. The third kappa shape index (κ3) is 2.03. The average molecular weight is 283 g/mol. The molecule has 106 valence electrons. The lowest BCUT2D eigenvalue weighted by Gasteiger charge is -2.16. The van der Waals surface area contributed by atoms with Gasteiger partial charge in [0, 0.05) is 16.5 Å². The van der Waals surface area contributed by atoms with Crippen LogP contribution in [-0.2, 0) is 0 Å². The van der Waals surface area contributed by atoms with Crippen LogP contribution in [0.2, 0.25) is 0 Å². The van der Waals surface area contributed by atoms with Crippen molar-refractivity contribution in [3.05, 3.63) is 84.4 Å². The molecule has 4 aromatic rings. The topological polar surface area (TPSA) is 12.0 Å². The van der Waals surface area contributed by atoms with Gasteiger partial charge in [-0.1, -0.05) is 66.7 Å². The van der Waals surface area contributed by atoms with Crippen molar-refractivity contribution in [1.29, 1.82) is 0 Å². The van der Waals surface area contributed by atoms with Gasteiger partial charge in [-0.25, -0.2) is 0 Å². The Labute approximate surface area is 130 Å². The van der Waals surface area contributed by atoms with Gasteiger partial charge in [-0.15, -0.1) is 0 Å². The van der Waals surface area contributed by atoms with Gasteiger partial charge in [-0.3, -0.25) is 0 Å². The maximum absolute atomic E-state index is 3.62. The summed E-state index contributed by atoms with van der Waals surface area (Å²) in [5.74, 6) is 0. The lowest BCUT2D eigenvalue weighted by atomic mass is 9.95. The first kappa shape index (κ1) is 12.9. The van der Waals surface area contributed by atoms with Crippen LogP contribution in [0.25, 0.3) is 21.5 Å². The van der Waals surface area contributed by atoms with E-state index in [4.69, 9.17) is 0 Å². The van der Waals surface area contributed by atoms with Crippen LogP contribution in [0.15, 0.2) is 78.9 Å². The molecule has 0 radical (unpaired) electrons. The number of benzene rings is 4. The van der Waals surface area contributed by atoms with Gasteiger partial charge in [0.25, 0.3) is 0 Å². The first-order valence-corrected chi connectivity index (χ1v) is 7.57. The van der Waals surface area contributed by atoms with Crippen molar-refractivity contribution in [2.45, 2.75) is 6.92 Å². The van der Waals surface area contributed by atoms with Crippen molar-refractivity contribution < 1.29 is 0 Å². The van der Waals surface area contributed by atoms with Crippen LogP contribution in [0.1, 0.15) is 5.56 Å². The fourth-order valence-electron chi connectivity index (χ4n) is 3.15. The molecule has 0 saturated heterocycles. The summed E-state index contributed by atoms with van der Waals surface area (Å²) in [5.41, 5.74) is 3.63. The van der Waals surface area contributed by atoms with E-state index in [2.05, 4.69) is 85.0 Å². The Kier molecular flexibility index (Phi) is 3.05. The van der Waals surface area contributed by atoms with E-state index in [9.17, 15) is 0 Å². The zero-order valence-corrected chi connectivity index (χ0v) is 12.5. The molecule has 0 heterocycles. The van der Waals surface area contributed by atoms with Gasteiger partial charge < -0.3 is 5.32 Å². The third-order valence-electron chi connectivity index (χ3n) is 4.24. The number of rotatable bonds is 2. The van der Waals surface area contributed by atoms with Crippen LogP contribution in [0.3, 0.4) is 0 Å². The second-order valence-electron chi connectivity index (χ2n) is 5.58. The maximum atomic E-state index is 3.62. The standard InChI is InChI=1S/C21H17N/c1-15-17-11-5-7-13-19(17)21(20-14-8-6-12-18(15)20)22-16-9-3-2-4-10-16/h2-14,22H,1H3. The highest BCUT2D eigenvalue weighted by Gasteiger charge is 2.10. The number of nitrogens with one attached hydrogen (secondary N) is 1. The van der Waals surface area contributed by atoms with E-state index in [1.165, 1.54) is 32.8 Å². The van der Waals surface area contributed by atoms with E-state index in [1.54, 1.807) is 0 Å². The lowest BCUT2D eigenvalue weighted by Crippen LogP contribution is -1.95. The third-order valence-corrected chi connectivity index (χ3v) is 4.24. The molecule has 0 saturated carbocycles. The second-order valence-corrected chi connectivity index (χ2v) is 5.58.